The first-order valence-corrected chi connectivity index (χ1v) is 8.63. The third-order valence-electron chi connectivity index (χ3n) is 4.47. The van der Waals surface area contributed by atoms with E-state index in [1.165, 1.54) is 30.2 Å². The molecule has 8 heteroatoms. The fraction of sp³-hybridized carbons (Fsp3) is 0.667. The summed E-state index contributed by atoms with van der Waals surface area (Å²) in [6.07, 6.45) is 4.62. The highest BCUT2D eigenvalue weighted by Crippen LogP contribution is 2.30. The molecule has 0 bridgehead atoms. The molecule has 1 saturated heterocycles. The number of carbonyl (C=O) groups excluding carboxylic acids is 1. The van der Waals surface area contributed by atoms with Crippen LogP contribution in [0.3, 0.4) is 0 Å². The van der Waals surface area contributed by atoms with Gasteiger partial charge in [-0.2, -0.15) is 0 Å². The van der Waals surface area contributed by atoms with Gasteiger partial charge in [0.1, 0.15) is 0 Å². The zero-order valence-corrected chi connectivity index (χ0v) is 14.8. The van der Waals surface area contributed by atoms with Gasteiger partial charge in [0.05, 0.1) is 14.7 Å². The first-order valence-electron chi connectivity index (χ1n) is 7.82. The number of nitrogens with one attached hydrogen (secondary N) is 1. The molecule has 1 aliphatic carbocycles. The molecule has 0 radical (unpaired) electrons. The number of likely N-dealkylation sites (tertiary alicyclic amines) is 1. The molecule has 0 aromatic carbocycles. The number of hydrogen-bond donors (Lipinski definition) is 1. The summed E-state index contributed by atoms with van der Waals surface area (Å²) >= 11 is 1.22. The molecule has 23 heavy (non-hydrogen) atoms. The summed E-state index contributed by atoms with van der Waals surface area (Å²) < 4.78 is 0. The van der Waals surface area contributed by atoms with Crippen LogP contribution in [0.15, 0.2) is 6.07 Å². The Balaban J connectivity index is 0.00000192. The third-order valence-corrected chi connectivity index (χ3v) is 5.50. The number of carbonyl (C=O) groups is 1. The maximum absolute atomic E-state index is 12.5. The standard InChI is InChI=1S/C15H21N3O3S.ClH/c1-10-13(18(20)21)8-14(22-10)15(19)17-6-4-12(5-7-17)16-9-11-2-3-11;/h8,11-12,16H,2-7,9H2,1H3;1H. The molecule has 1 N–H and O–H groups in total. The molecule has 1 saturated carbocycles. The van der Waals surface area contributed by atoms with E-state index in [1.807, 2.05) is 4.90 Å². The summed E-state index contributed by atoms with van der Waals surface area (Å²) in [6.45, 7) is 4.25. The fourth-order valence-corrected chi connectivity index (χ4v) is 3.81. The van der Waals surface area contributed by atoms with E-state index in [9.17, 15) is 14.9 Å². The van der Waals surface area contributed by atoms with Crippen molar-refractivity contribution in [2.75, 3.05) is 19.6 Å². The van der Waals surface area contributed by atoms with Gasteiger partial charge >= 0.3 is 0 Å². The van der Waals surface area contributed by atoms with Gasteiger partial charge in [0.25, 0.3) is 11.6 Å². The summed E-state index contributed by atoms with van der Waals surface area (Å²) in [5, 5.41) is 14.5. The van der Waals surface area contributed by atoms with Crippen molar-refractivity contribution < 1.29 is 9.72 Å². The Hall–Kier alpha value is -1.18. The highest BCUT2D eigenvalue weighted by atomic mass is 35.5. The van der Waals surface area contributed by atoms with Gasteiger partial charge in [0, 0.05) is 25.2 Å². The molecule has 2 heterocycles. The Morgan fingerprint density at radius 1 is 1.39 bits per heavy atom. The van der Waals surface area contributed by atoms with Gasteiger partial charge < -0.3 is 10.2 Å². The number of nitro groups is 1. The number of thiophene rings is 1. The molecule has 3 rings (SSSR count). The van der Waals surface area contributed by atoms with Crippen molar-refractivity contribution in [3.8, 4) is 0 Å². The highest BCUT2D eigenvalue weighted by Gasteiger charge is 2.28. The van der Waals surface area contributed by atoms with Gasteiger partial charge in [-0.05, 0) is 45.1 Å². The van der Waals surface area contributed by atoms with Crippen molar-refractivity contribution in [2.45, 2.75) is 38.6 Å². The van der Waals surface area contributed by atoms with Crippen LogP contribution >= 0.6 is 23.7 Å². The van der Waals surface area contributed by atoms with Crippen molar-refractivity contribution in [2.24, 2.45) is 5.92 Å². The second kappa shape index (κ2) is 7.59. The van der Waals surface area contributed by atoms with Crippen LogP contribution < -0.4 is 5.32 Å². The minimum atomic E-state index is -0.420. The maximum atomic E-state index is 12.5. The molecule has 6 nitrogen and oxygen atoms in total. The number of aryl methyl sites for hydroxylation is 1. The number of amides is 1. The topological polar surface area (TPSA) is 75.5 Å². The fourth-order valence-electron chi connectivity index (χ4n) is 2.86. The lowest BCUT2D eigenvalue weighted by Crippen LogP contribution is -2.45. The van der Waals surface area contributed by atoms with E-state index in [1.54, 1.807) is 6.92 Å². The maximum Gasteiger partial charge on any atom is 0.283 e. The van der Waals surface area contributed by atoms with E-state index in [4.69, 9.17) is 0 Å². The molecule has 2 aliphatic rings. The van der Waals surface area contributed by atoms with Gasteiger partial charge in [0.15, 0.2) is 0 Å². The lowest BCUT2D eigenvalue weighted by Gasteiger charge is -2.32. The van der Waals surface area contributed by atoms with E-state index >= 15 is 0 Å². The molecule has 0 atom stereocenters. The quantitative estimate of drug-likeness (QED) is 0.647. The van der Waals surface area contributed by atoms with Crippen LogP contribution in [0.2, 0.25) is 0 Å². The van der Waals surface area contributed by atoms with Crippen LogP contribution in [0.25, 0.3) is 0 Å². The summed E-state index contributed by atoms with van der Waals surface area (Å²) in [6, 6.07) is 1.92. The Morgan fingerprint density at radius 2 is 2.04 bits per heavy atom. The molecule has 1 amide bonds. The number of rotatable bonds is 5. The van der Waals surface area contributed by atoms with Gasteiger partial charge in [-0.15, -0.1) is 23.7 Å². The molecule has 0 spiro atoms. The SMILES string of the molecule is Cc1sc(C(=O)N2CCC(NCC3CC3)CC2)cc1[N+](=O)[O-].Cl. The molecule has 2 fully saturated rings. The normalized spacial score (nSPS) is 18.6. The second-order valence-electron chi connectivity index (χ2n) is 6.23. The van der Waals surface area contributed by atoms with Gasteiger partial charge in [-0.1, -0.05) is 0 Å². The van der Waals surface area contributed by atoms with E-state index < -0.39 is 4.92 Å². The van der Waals surface area contributed by atoms with Crippen LogP contribution in [0.4, 0.5) is 5.69 Å². The first-order chi connectivity index (χ1) is 10.5. The largest absolute Gasteiger partial charge is 0.338 e. The Kier molecular flexibility index (Phi) is 6.00. The molecule has 1 aromatic heterocycles. The summed E-state index contributed by atoms with van der Waals surface area (Å²) in [7, 11) is 0. The Labute approximate surface area is 145 Å². The first kappa shape index (κ1) is 18.2. The average Bonchev–Trinajstić information content (AvgIpc) is 3.25. The lowest BCUT2D eigenvalue weighted by molar-refractivity contribution is -0.385. The van der Waals surface area contributed by atoms with E-state index in [2.05, 4.69) is 5.32 Å². The molecule has 1 aliphatic heterocycles. The predicted octanol–water partition coefficient (Wildman–Crippen LogP) is 2.99. The summed E-state index contributed by atoms with van der Waals surface area (Å²) in [5.41, 5.74) is 0.0503. The lowest BCUT2D eigenvalue weighted by atomic mass is 10.0. The molecule has 128 valence electrons. The number of hydrogen-bond acceptors (Lipinski definition) is 5. The van der Waals surface area contributed by atoms with Crippen molar-refractivity contribution in [1.29, 1.82) is 0 Å². The second-order valence-corrected chi connectivity index (χ2v) is 7.48. The van der Waals surface area contributed by atoms with E-state index in [-0.39, 0.29) is 24.0 Å². The summed E-state index contributed by atoms with van der Waals surface area (Å²) in [5.74, 6) is 0.802. The minimum absolute atomic E-state index is 0. The summed E-state index contributed by atoms with van der Waals surface area (Å²) in [4.78, 5) is 25.8. The zero-order valence-electron chi connectivity index (χ0n) is 13.1. The number of nitrogens with zero attached hydrogens (tertiary/aromatic N) is 2. The van der Waals surface area contributed by atoms with Crippen LogP contribution in [0, 0.1) is 23.0 Å². The minimum Gasteiger partial charge on any atom is -0.338 e. The number of piperidine rings is 1. The molecular formula is C15H22ClN3O3S. The average molecular weight is 360 g/mol. The smallest absolute Gasteiger partial charge is 0.283 e. The zero-order chi connectivity index (χ0) is 15.7. The van der Waals surface area contributed by atoms with Gasteiger partial charge in [0.2, 0.25) is 0 Å². The van der Waals surface area contributed by atoms with Crippen molar-refractivity contribution in [3.05, 3.63) is 25.9 Å². The number of halogens is 1. The van der Waals surface area contributed by atoms with Crippen molar-refractivity contribution >= 4 is 35.3 Å². The molecular weight excluding hydrogens is 338 g/mol. The van der Waals surface area contributed by atoms with Gasteiger partial charge in [-0.3, -0.25) is 14.9 Å². The Bertz CT molecular complexity index is 581. The van der Waals surface area contributed by atoms with Gasteiger partial charge in [-0.25, -0.2) is 0 Å². The third kappa shape index (κ3) is 4.43. The van der Waals surface area contributed by atoms with Crippen molar-refractivity contribution in [3.63, 3.8) is 0 Å². The Morgan fingerprint density at radius 3 is 2.57 bits per heavy atom. The molecule has 0 unspecified atom stereocenters. The van der Waals surface area contributed by atoms with Crippen molar-refractivity contribution in [1.82, 2.24) is 10.2 Å². The van der Waals surface area contributed by atoms with Crippen LogP contribution in [0.5, 0.6) is 0 Å². The van der Waals surface area contributed by atoms with Crippen LogP contribution in [0.1, 0.15) is 40.2 Å². The molecule has 1 aromatic rings. The van der Waals surface area contributed by atoms with Crippen LogP contribution in [-0.2, 0) is 0 Å². The van der Waals surface area contributed by atoms with Crippen LogP contribution in [-0.4, -0.2) is 41.4 Å². The monoisotopic (exact) mass is 359 g/mol. The predicted molar refractivity (Wildman–Crippen MR) is 92.6 cm³/mol. The highest BCUT2D eigenvalue weighted by molar-refractivity contribution is 7.14. The van der Waals surface area contributed by atoms with E-state index in [0.717, 1.165) is 38.4 Å². The van der Waals surface area contributed by atoms with E-state index in [0.29, 0.717) is 15.8 Å².